The van der Waals surface area contributed by atoms with E-state index < -0.39 is 86.8 Å². The van der Waals surface area contributed by atoms with E-state index in [9.17, 15) is 50.4 Å². The number of aliphatic hydroxyl groups is 8. The average Bonchev–Trinajstić information content (AvgIpc) is 2.95. The number of unbranched alkanes of at least 4 members (excludes halogenated alkanes) is 9. The summed E-state index contributed by atoms with van der Waals surface area (Å²) >= 11 is 0. The topological polar surface area (TPSA) is 236 Å². The van der Waals surface area contributed by atoms with Crippen LogP contribution in [0.4, 0.5) is 0 Å². The zero-order chi connectivity index (χ0) is 30.1. The molecule has 1 amide bonds. The average molecular weight is 584 g/mol. The molecule has 9 N–H and O–H groups in total. The number of carbonyl (C=O) groups excluding carboxylic acids is 2. The van der Waals surface area contributed by atoms with Crippen LogP contribution >= 0.6 is 0 Å². The Kier molecular flexibility index (Phi) is 18.7. The van der Waals surface area contributed by atoms with Crippen LogP contribution in [0.5, 0.6) is 0 Å². The summed E-state index contributed by atoms with van der Waals surface area (Å²) in [5.41, 5.74) is 0. The number of carbonyl (C=O) groups is 2. The van der Waals surface area contributed by atoms with Gasteiger partial charge in [0.25, 0.3) is 5.91 Å². The summed E-state index contributed by atoms with van der Waals surface area (Å²) in [5, 5.41) is 81.4. The quantitative estimate of drug-likeness (QED) is 0.0517. The third kappa shape index (κ3) is 12.6. The van der Waals surface area contributed by atoms with Gasteiger partial charge in [0, 0.05) is 0 Å². The van der Waals surface area contributed by atoms with Crippen molar-refractivity contribution in [3.8, 4) is 0 Å². The number of hydrogen-bond donors (Lipinski definition) is 9. The van der Waals surface area contributed by atoms with Gasteiger partial charge in [0.05, 0.1) is 19.8 Å². The Hall–Kier alpha value is -1.46. The molecule has 0 radical (unpaired) electrons. The Morgan fingerprint density at radius 2 is 1.43 bits per heavy atom. The second kappa shape index (κ2) is 20.4. The summed E-state index contributed by atoms with van der Waals surface area (Å²) in [6.45, 7) is -0.0138. The van der Waals surface area contributed by atoms with Gasteiger partial charge in [-0.05, 0) is 6.42 Å². The fraction of sp³-hybridized carbons (Fsp3) is 0.923. The Morgan fingerprint density at radius 1 is 0.850 bits per heavy atom. The lowest BCUT2D eigenvalue weighted by molar-refractivity contribution is -0.326. The molecule has 40 heavy (non-hydrogen) atoms. The Morgan fingerprint density at radius 3 is 1.98 bits per heavy atom. The molecule has 0 spiro atoms. The first kappa shape index (κ1) is 36.6. The van der Waals surface area contributed by atoms with E-state index in [2.05, 4.69) is 12.2 Å². The molecule has 1 heterocycles. The molecule has 0 bridgehead atoms. The van der Waals surface area contributed by atoms with Crippen molar-refractivity contribution in [3.63, 3.8) is 0 Å². The van der Waals surface area contributed by atoms with E-state index in [1.165, 1.54) is 38.5 Å². The van der Waals surface area contributed by atoms with E-state index in [4.69, 9.17) is 14.2 Å². The van der Waals surface area contributed by atoms with Crippen molar-refractivity contribution in [1.82, 2.24) is 5.32 Å². The van der Waals surface area contributed by atoms with Gasteiger partial charge >= 0.3 is 5.97 Å². The molecule has 14 nitrogen and oxygen atoms in total. The van der Waals surface area contributed by atoms with Crippen molar-refractivity contribution in [2.45, 2.75) is 126 Å². The SMILES string of the molecule is CCCCCCCCCCCCOC(=O)CNC(=O)[C@H](O)[C@@H](O)[C@H](O[C@H]1O[C@H](CO)[C@@H](O)[C@H](O)[C@H]1O)[C@H](O)CO. The molecule has 0 aromatic rings. The van der Waals surface area contributed by atoms with Crippen LogP contribution in [0.2, 0.25) is 0 Å². The first-order valence-corrected chi connectivity index (χ1v) is 14.1. The summed E-state index contributed by atoms with van der Waals surface area (Å²) in [6, 6.07) is 0. The van der Waals surface area contributed by atoms with Crippen LogP contribution in [0.15, 0.2) is 0 Å². The smallest absolute Gasteiger partial charge is 0.325 e. The normalized spacial score (nSPS) is 26.1. The fourth-order valence-electron chi connectivity index (χ4n) is 4.26. The minimum absolute atomic E-state index is 0.175. The maximum absolute atomic E-state index is 12.3. The molecule has 1 aliphatic heterocycles. The highest BCUT2D eigenvalue weighted by Crippen LogP contribution is 2.25. The molecule has 1 rings (SSSR count). The molecule has 9 atom stereocenters. The van der Waals surface area contributed by atoms with Gasteiger partial charge in [-0.25, -0.2) is 0 Å². The number of esters is 1. The van der Waals surface area contributed by atoms with Crippen molar-refractivity contribution in [3.05, 3.63) is 0 Å². The van der Waals surface area contributed by atoms with Crippen LogP contribution in [0.3, 0.4) is 0 Å². The van der Waals surface area contributed by atoms with Crippen molar-refractivity contribution < 1.29 is 64.7 Å². The molecular weight excluding hydrogens is 534 g/mol. The van der Waals surface area contributed by atoms with Gasteiger partial charge in [-0.3, -0.25) is 9.59 Å². The molecule has 0 aliphatic carbocycles. The standard InChI is InChI=1S/C26H49NO13/c1-2-3-4-5-6-7-8-9-10-11-12-38-18(31)13-27-25(37)22(35)21(34)24(16(30)14-28)40-26-23(36)20(33)19(32)17(15-29)39-26/h16-17,19-24,26,28-30,32-36H,2-15H2,1H3,(H,27,37)/t16-,17-,19-,20+,21-,22-,23-,24-,26-/m1/s1. The summed E-state index contributed by atoms with van der Waals surface area (Å²) < 4.78 is 15.4. The van der Waals surface area contributed by atoms with Crippen molar-refractivity contribution in [2.24, 2.45) is 0 Å². The van der Waals surface area contributed by atoms with Gasteiger partial charge in [0.15, 0.2) is 12.4 Å². The van der Waals surface area contributed by atoms with E-state index in [1.807, 2.05) is 0 Å². The zero-order valence-corrected chi connectivity index (χ0v) is 23.2. The highest BCUT2D eigenvalue weighted by atomic mass is 16.7. The number of aliphatic hydroxyl groups excluding tert-OH is 8. The summed E-state index contributed by atoms with van der Waals surface area (Å²) in [7, 11) is 0. The molecule has 0 aromatic heterocycles. The number of nitrogens with one attached hydrogen (secondary N) is 1. The number of ether oxygens (including phenoxy) is 3. The first-order chi connectivity index (χ1) is 19.1. The number of rotatable bonds is 21. The van der Waals surface area contributed by atoms with E-state index in [-0.39, 0.29) is 6.61 Å². The first-order valence-electron chi connectivity index (χ1n) is 14.1. The second-order valence-electron chi connectivity index (χ2n) is 10.1. The lowest BCUT2D eigenvalue weighted by atomic mass is 9.98. The van der Waals surface area contributed by atoms with Gasteiger partial charge in [-0.1, -0.05) is 64.7 Å². The maximum Gasteiger partial charge on any atom is 0.325 e. The van der Waals surface area contributed by atoms with E-state index >= 15 is 0 Å². The van der Waals surface area contributed by atoms with Gasteiger partial charge in [-0.2, -0.15) is 0 Å². The summed E-state index contributed by atoms with van der Waals surface area (Å²) in [5.74, 6) is -1.97. The monoisotopic (exact) mass is 583 g/mol. The van der Waals surface area contributed by atoms with E-state index in [0.717, 1.165) is 19.3 Å². The minimum atomic E-state index is -2.26. The molecule has 0 aromatic carbocycles. The molecule has 0 saturated carbocycles. The zero-order valence-electron chi connectivity index (χ0n) is 23.2. The van der Waals surface area contributed by atoms with Gasteiger partial charge in [-0.15, -0.1) is 0 Å². The van der Waals surface area contributed by atoms with Gasteiger partial charge < -0.3 is 60.4 Å². The minimum Gasteiger partial charge on any atom is -0.464 e. The molecule has 14 heteroatoms. The Labute approximate surface area is 234 Å². The highest BCUT2D eigenvalue weighted by molar-refractivity contribution is 5.85. The van der Waals surface area contributed by atoms with Crippen molar-refractivity contribution in [2.75, 3.05) is 26.4 Å². The molecule has 0 unspecified atom stereocenters. The Balaban J connectivity index is 2.44. The lowest BCUT2D eigenvalue weighted by Gasteiger charge is -2.42. The summed E-state index contributed by atoms with van der Waals surface area (Å²) in [4.78, 5) is 24.2. The van der Waals surface area contributed by atoms with Crippen molar-refractivity contribution in [1.29, 1.82) is 0 Å². The highest BCUT2D eigenvalue weighted by Gasteiger charge is 2.47. The largest absolute Gasteiger partial charge is 0.464 e. The second-order valence-corrected chi connectivity index (χ2v) is 10.1. The fourth-order valence-corrected chi connectivity index (χ4v) is 4.26. The van der Waals surface area contributed by atoms with Crippen LogP contribution in [0.25, 0.3) is 0 Å². The number of hydrogen-bond acceptors (Lipinski definition) is 13. The molecule has 1 aliphatic rings. The van der Waals surface area contributed by atoms with Gasteiger partial charge in [0.1, 0.15) is 49.3 Å². The third-order valence-corrected chi connectivity index (χ3v) is 6.80. The maximum atomic E-state index is 12.3. The molecule has 236 valence electrons. The molecular formula is C26H49NO13. The van der Waals surface area contributed by atoms with E-state index in [0.29, 0.717) is 6.42 Å². The van der Waals surface area contributed by atoms with Crippen LogP contribution in [0, 0.1) is 0 Å². The third-order valence-electron chi connectivity index (χ3n) is 6.80. The Bertz CT molecular complexity index is 698. The van der Waals surface area contributed by atoms with Gasteiger partial charge in [0.2, 0.25) is 0 Å². The molecule has 1 saturated heterocycles. The molecule has 1 fully saturated rings. The van der Waals surface area contributed by atoms with E-state index in [1.54, 1.807) is 0 Å². The summed E-state index contributed by atoms with van der Waals surface area (Å²) in [6.07, 6.45) is -5.72. The predicted octanol–water partition coefficient (Wildman–Crippen LogP) is -2.17. The van der Waals surface area contributed by atoms with Crippen molar-refractivity contribution >= 4 is 11.9 Å². The lowest BCUT2D eigenvalue weighted by Crippen LogP contribution is -2.62. The van der Waals surface area contributed by atoms with Crippen LogP contribution in [-0.4, -0.2) is 134 Å². The number of amides is 1. The van der Waals surface area contributed by atoms with Crippen LogP contribution in [0.1, 0.15) is 71.1 Å². The van der Waals surface area contributed by atoms with Crippen LogP contribution in [-0.2, 0) is 23.8 Å². The predicted molar refractivity (Wildman–Crippen MR) is 140 cm³/mol. The van der Waals surface area contributed by atoms with Crippen LogP contribution < -0.4 is 5.32 Å².